The van der Waals surface area contributed by atoms with Crippen LogP contribution in [0.4, 0.5) is 0 Å². The number of rotatable bonds is 0. The van der Waals surface area contributed by atoms with Crippen LogP contribution in [-0.2, 0) is 6.42 Å². The van der Waals surface area contributed by atoms with E-state index >= 15 is 0 Å². The summed E-state index contributed by atoms with van der Waals surface area (Å²) >= 11 is 0. The lowest BCUT2D eigenvalue weighted by atomic mass is 10.0. The summed E-state index contributed by atoms with van der Waals surface area (Å²) in [5, 5.41) is 1.74. The predicted octanol–water partition coefficient (Wildman–Crippen LogP) is 2.77. The molecule has 16 heavy (non-hydrogen) atoms. The van der Waals surface area contributed by atoms with Gasteiger partial charge >= 0.3 is 0 Å². The van der Waals surface area contributed by atoms with Crippen LogP contribution < -0.4 is 10.2 Å². The molecule has 0 aromatic heterocycles. The van der Waals surface area contributed by atoms with E-state index in [1.807, 2.05) is 36.4 Å². The van der Waals surface area contributed by atoms with E-state index in [0.717, 1.165) is 39.8 Å². The van der Waals surface area contributed by atoms with Gasteiger partial charge in [-0.1, -0.05) is 18.2 Å². The van der Waals surface area contributed by atoms with Crippen molar-refractivity contribution >= 4 is 10.8 Å². The molecule has 3 aromatic carbocycles. The van der Waals surface area contributed by atoms with E-state index in [0.29, 0.717) is 0 Å². The first-order chi connectivity index (χ1) is 7.84. The fraction of sp³-hybridized carbons (Fsp3) is 0.0714. The standard InChI is InChI=1S/C14H8O2/c15-14-9-5-6-12-10(13(9)14)7-8-3-1-2-4-11(8)16-12/h1-6H,7H2. The van der Waals surface area contributed by atoms with Gasteiger partial charge in [-0.05, 0) is 23.8 Å². The van der Waals surface area contributed by atoms with Gasteiger partial charge in [0.15, 0.2) is 5.43 Å². The zero-order valence-electron chi connectivity index (χ0n) is 8.49. The van der Waals surface area contributed by atoms with E-state index in [9.17, 15) is 4.79 Å². The van der Waals surface area contributed by atoms with Crippen LogP contribution in [0.5, 0.6) is 11.5 Å². The quantitative estimate of drug-likeness (QED) is 0.444. The Morgan fingerprint density at radius 3 is 2.81 bits per heavy atom. The minimum absolute atomic E-state index is 0.184. The summed E-state index contributed by atoms with van der Waals surface area (Å²) in [6.07, 6.45) is 0.806. The maximum atomic E-state index is 11.5. The van der Waals surface area contributed by atoms with Crippen molar-refractivity contribution in [3.8, 4) is 11.5 Å². The normalized spacial score (nSPS) is 13.5. The van der Waals surface area contributed by atoms with Gasteiger partial charge in [0.25, 0.3) is 0 Å². The molecule has 1 aliphatic heterocycles. The lowest BCUT2D eigenvalue weighted by Gasteiger charge is -2.19. The maximum Gasteiger partial charge on any atom is 0.194 e. The Morgan fingerprint density at radius 1 is 1.00 bits per heavy atom. The molecule has 0 unspecified atom stereocenters. The summed E-state index contributed by atoms with van der Waals surface area (Å²) in [5.74, 6) is 1.74. The zero-order chi connectivity index (χ0) is 10.7. The van der Waals surface area contributed by atoms with Crippen molar-refractivity contribution in [3.63, 3.8) is 0 Å². The SMILES string of the molecule is O=c1c2ccc3c(c12)Cc1ccccc1O3. The molecule has 0 atom stereocenters. The molecule has 2 heteroatoms. The van der Waals surface area contributed by atoms with Crippen LogP contribution in [0.15, 0.2) is 41.2 Å². The Balaban J connectivity index is 1.97. The highest BCUT2D eigenvalue weighted by atomic mass is 16.5. The molecule has 0 fully saturated rings. The molecule has 0 bridgehead atoms. The highest BCUT2D eigenvalue weighted by molar-refractivity contribution is 6.01. The van der Waals surface area contributed by atoms with Crippen molar-refractivity contribution in [1.29, 1.82) is 0 Å². The number of ether oxygens (including phenoxy) is 1. The molecule has 4 rings (SSSR count). The third-order valence-corrected chi connectivity index (χ3v) is 3.24. The highest BCUT2D eigenvalue weighted by Gasteiger charge is 2.25. The van der Waals surface area contributed by atoms with E-state index in [4.69, 9.17) is 4.74 Å². The van der Waals surface area contributed by atoms with Crippen molar-refractivity contribution in [2.45, 2.75) is 6.42 Å². The molecule has 1 aliphatic rings. The summed E-state index contributed by atoms with van der Waals surface area (Å²) in [6, 6.07) is 11.7. The predicted molar refractivity (Wildman–Crippen MR) is 61.9 cm³/mol. The van der Waals surface area contributed by atoms with Crippen molar-refractivity contribution < 1.29 is 4.74 Å². The second-order valence-electron chi connectivity index (χ2n) is 4.18. The molecule has 2 nitrogen and oxygen atoms in total. The summed E-state index contributed by atoms with van der Waals surface area (Å²) in [7, 11) is 0. The minimum Gasteiger partial charge on any atom is -0.457 e. The van der Waals surface area contributed by atoms with Gasteiger partial charge in [0.2, 0.25) is 0 Å². The van der Waals surface area contributed by atoms with Gasteiger partial charge in [-0.15, -0.1) is 0 Å². The van der Waals surface area contributed by atoms with E-state index < -0.39 is 0 Å². The first kappa shape index (κ1) is 8.11. The molecule has 0 N–H and O–H groups in total. The first-order valence-corrected chi connectivity index (χ1v) is 5.31. The van der Waals surface area contributed by atoms with Crippen LogP contribution in [0.2, 0.25) is 0 Å². The summed E-state index contributed by atoms with van der Waals surface area (Å²) in [6.45, 7) is 0. The van der Waals surface area contributed by atoms with Crippen LogP contribution in [0.25, 0.3) is 10.8 Å². The number of hydrogen-bond donors (Lipinski definition) is 0. The Kier molecular flexibility index (Phi) is 1.28. The fourth-order valence-corrected chi connectivity index (χ4v) is 2.35. The highest BCUT2D eigenvalue weighted by Crippen LogP contribution is 2.40. The summed E-state index contributed by atoms with van der Waals surface area (Å²) in [4.78, 5) is 11.5. The number of hydrogen-bond acceptors (Lipinski definition) is 2. The van der Waals surface area contributed by atoms with Crippen molar-refractivity contribution in [1.82, 2.24) is 0 Å². The van der Waals surface area contributed by atoms with Crippen molar-refractivity contribution in [3.05, 3.63) is 57.7 Å². The van der Waals surface area contributed by atoms with Crippen LogP contribution in [-0.4, -0.2) is 0 Å². The molecule has 0 saturated carbocycles. The maximum absolute atomic E-state index is 11.5. The molecular weight excluding hydrogens is 200 g/mol. The molecule has 0 amide bonds. The number of fused-ring (bicyclic) bond motifs is 4. The monoisotopic (exact) mass is 208 g/mol. The molecule has 1 heterocycles. The van der Waals surface area contributed by atoms with E-state index in [2.05, 4.69) is 0 Å². The van der Waals surface area contributed by atoms with E-state index in [1.165, 1.54) is 0 Å². The van der Waals surface area contributed by atoms with Gasteiger partial charge in [0.05, 0.1) is 0 Å². The topological polar surface area (TPSA) is 26.3 Å². The number of para-hydroxylation sites is 1. The Bertz CT molecular complexity index is 730. The summed E-state index contributed by atoms with van der Waals surface area (Å²) < 4.78 is 5.79. The Morgan fingerprint density at radius 2 is 1.88 bits per heavy atom. The summed E-state index contributed by atoms with van der Waals surface area (Å²) in [5.41, 5.74) is 2.40. The second kappa shape index (κ2) is 2.53. The Labute approximate surface area is 91.8 Å². The lowest BCUT2D eigenvalue weighted by Crippen LogP contribution is -2.01. The van der Waals surface area contributed by atoms with Crippen LogP contribution in [0, 0.1) is 0 Å². The van der Waals surface area contributed by atoms with Crippen LogP contribution in [0.1, 0.15) is 11.1 Å². The van der Waals surface area contributed by atoms with E-state index in [1.54, 1.807) is 0 Å². The molecule has 0 aliphatic carbocycles. The minimum atomic E-state index is 0.184. The van der Waals surface area contributed by atoms with E-state index in [-0.39, 0.29) is 5.43 Å². The average molecular weight is 208 g/mol. The second-order valence-corrected chi connectivity index (χ2v) is 4.18. The van der Waals surface area contributed by atoms with Crippen molar-refractivity contribution in [2.24, 2.45) is 0 Å². The third-order valence-electron chi connectivity index (χ3n) is 3.24. The van der Waals surface area contributed by atoms with Gasteiger partial charge in [0.1, 0.15) is 11.5 Å². The molecular formula is C14H8O2. The van der Waals surface area contributed by atoms with Gasteiger partial charge in [-0.3, -0.25) is 4.79 Å². The van der Waals surface area contributed by atoms with Crippen LogP contribution >= 0.6 is 0 Å². The third kappa shape index (κ3) is 0.890. The number of benzene rings is 2. The van der Waals surface area contributed by atoms with Gasteiger partial charge in [-0.25, -0.2) is 0 Å². The molecule has 0 saturated heterocycles. The smallest absolute Gasteiger partial charge is 0.194 e. The fourth-order valence-electron chi connectivity index (χ4n) is 2.35. The first-order valence-electron chi connectivity index (χ1n) is 5.31. The molecule has 76 valence electrons. The average Bonchev–Trinajstić information content (AvgIpc) is 2.98. The Hall–Kier alpha value is -2.09. The molecule has 0 spiro atoms. The van der Waals surface area contributed by atoms with Gasteiger partial charge < -0.3 is 4.74 Å². The van der Waals surface area contributed by atoms with Gasteiger partial charge in [-0.2, -0.15) is 0 Å². The van der Waals surface area contributed by atoms with Gasteiger partial charge in [0, 0.05) is 22.8 Å². The van der Waals surface area contributed by atoms with Crippen molar-refractivity contribution in [2.75, 3.05) is 0 Å². The lowest BCUT2D eigenvalue weighted by molar-refractivity contribution is 0.461. The van der Waals surface area contributed by atoms with Crippen LogP contribution in [0.3, 0.4) is 0 Å². The molecule has 0 radical (unpaired) electrons. The zero-order valence-corrected chi connectivity index (χ0v) is 8.49. The largest absolute Gasteiger partial charge is 0.457 e. The molecule has 3 aromatic rings.